The summed E-state index contributed by atoms with van der Waals surface area (Å²) >= 11 is 0. The van der Waals surface area contributed by atoms with Crippen LogP contribution in [0.1, 0.15) is 69.6 Å². The van der Waals surface area contributed by atoms with E-state index in [1.165, 1.54) is 5.56 Å². The molecule has 0 saturated carbocycles. The van der Waals surface area contributed by atoms with Crippen molar-refractivity contribution < 1.29 is 9.84 Å². The van der Waals surface area contributed by atoms with Crippen molar-refractivity contribution >= 4 is 0 Å². The van der Waals surface area contributed by atoms with Crippen molar-refractivity contribution in [1.29, 1.82) is 0 Å². The molecule has 28 heavy (non-hydrogen) atoms. The lowest BCUT2D eigenvalue weighted by molar-refractivity contribution is 0.0635. The van der Waals surface area contributed by atoms with Crippen LogP contribution in [0.15, 0.2) is 42.5 Å². The van der Waals surface area contributed by atoms with E-state index >= 15 is 0 Å². The Kier molecular flexibility index (Phi) is 4.91. The molecule has 1 atom stereocenters. The smallest absolute Gasteiger partial charge is 0.124 e. The average Bonchev–Trinajstić information content (AvgIpc) is 2.68. The Bertz CT molecular complexity index is 835. The molecular weight excluding hydrogens is 346 g/mol. The monoisotopic (exact) mass is 379 g/mol. The Balaban J connectivity index is 1.88. The minimum absolute atomic E-state index is 0.177. The van der Waals surface area contributed by atoms with Crippen LogP contribution in [0.5, 0.6) is 11.5 Å². The molecule has 0 spiro atoms. The van der Waals surface area contributed by atoms with Gasteiger partial charge in [-0.25, -0.2) is 0 Å². The molecule has 2 N–H and O–H groups in total. The molecule has 0 radical (unpaired) electrons. The van der Waals surface area contributed by atoms with E-state index in [0.717, 1.165) is 49.2 Å². The lowest BCUT2D eigenvalue weighted by atomic mass is 9.67. The first-order chi connectivity index (χ1) is 13.3. The number of fused-ring (bicyclic) bond motifs is 1. The van der Waals surface area contributed by atoms with Gasteiger partial charge in [0.15, 0.2) is 0 Å². The van der Waals surface area contributed by atoms with E-state index in [1.807, 2.05) is 6.07 Å². The summed E-state index contributed by atoms with van der Waals surface area (Å²) in [5.41, 5.74) is 3.09. The summed E-state index contributed by atoms with van der Waals surface area (Å²) in [6, 6.07) is 14.8. The minimum Gasteiger partial charge on any atom is -0.508 e. The van der Waals surface area contributed by atoms with Crippen molar-refractivity contribution in [3.63, 3.8) is 0 Å². The van der Waals surface area contributed by atoms with Crippen LogP contribution in [0.25, 0.3) is 0 Å². The number of hydrogen-bond acceptors (Lipinski definition) is 3. The fraction of sp³-hybridized carbons (Fsp3) is 0.520. The van der Waals surface area contributed by atoms with Crippen LogP contribution in [0, 0.1) is 5.92 Å². The topological polar surface area (TPSA) is 41.5 Å². The van der Waals surface area contributed by atoms with E-state index < -0.39 is 0 Å². The van der Waals surface area contributed by atoms with Gasteiger partial charge >= 0.3 is 0 Å². The van der Waals surface area contributed by atoms with E-state index in [0.29, 0.717) is 17.6 Å². The standard InChI is InChI=1S/C25H33NO2/c1-17(2)20-16-24(3,4)28-23-15-21(22(27)14-19(20)23)25(10-12-26-13-11-25)18-8-6-5-7-9-18/h5-9,14-15,17,20,26-27H,10-13,16H2,1-4H3. The maximum absolute atomic E-state index is 11.2. The lowest BCUT2D eigenvalue weighted by Gasteiger charge is -2.42. The molecule has 2 aromatic carbocycles. The van der Waals surface area contributed by atoms with Crippen molar-refractivity contribution in [2.75, 3.05) is 13.1 Å². The number of aromatic hydroxyl groups is 1. The van der Waals surface area contributed by atoms with Crippen LogP contribution in [0.2, 0.25) is 0 Å². The third-order valence-corrected chi connectivity index (χ3v) is 6.73. The van der Waals surface area contributed by atoms with Gasteiger partial charge in [-0.05, 0) is 75.7 Å². The average molecular weight is 380 g/mol. The number of rotatable bonds is 3. The molecular formula is C25H33NO2. The summed E-state index contributed by atoms with van der Waals surface area (Å²) in [6.07, 6.45) is 2.92. The summed E-state index contributed by atoms with van der Waals surface area (Å²) in [4.78, 5) is 0. The molecule has 1 unspecified atom stereocenters. The normalized spacial score (nSPS) is 23.1. The van der Waals surface area contributed by atoms with Gasteiger partial charge in [0, 0.05) is 16.5 Å². The third-order valence-electron chi connectivity index (χ3n) is 6.73. The van der Waals surface area contributed by atoms with Crippen molar-refractivity contribution in [1.82, 2.24) is 5.32 Å². The molecule has 2 aromatic rings. The second-order valence-electron chi connectivity index (χ2n) is 9.52. The number of benzene rings is 2. The highest BCUT2D eigenvalue weighted by molar-refractivity contribution is 5.55. The Morgan fingerprint density at radius 1 is 1.07 bits per heavy atom. The molecule has 0 bridgehead atoms. The molecule has 3 nitrogen and oxygen atoms in total. The quantitative estimate of drug-likeness (QED) is 0.754. The summed E-state index contributed by atoms with van der Waals surface area (Å²) < 4.78 is 6.44. The zero-order valence-corrected chi connectivity index (χ0v) is 17.6. The van der Waals surface area contributed by atoms with E-state index in [2.05, 4.69) is 69.4 Å². The largest absolute Gasteiger partial charge is 0.508 e. The molecule has 0 aliphatic carbocycles. The number of phenolic OH excluding ortho intramolecular Hbond substituents is 1. The molecule has 150 valence electrons. The van der Waals surface area contributed by atoms with Crippen LogP contribution in [-0.2, 0) is 5.41 Å². The molecule has 3 heteroatoms. The van der Waals surface area contributed by atoms with Crippen molar-refractivity contribution in [2.24, 2.45) is 5.92 Å². The fourth-order valence-electron chi connectivity index (χ4n) is 5.24. The van der Waals surface area contributed by atoms with Gasteiger partial charge in [0.1, 0.15) is 17.1 Å². The highest BCUT2D eigenvalue weighted by atomic mass is 16.5. The number of ether oxygens (including phenoxy) is 1. The third kappa shape index (κ3) is 3.30. The van der Waals surface area contributed by atoms with Gasteiger partial charge in [0.2, 0.25) is 0 Å². The van der Waals surface area contributed by atoms with Crippen molar-refractivity contribution in [3.8, 4) is 11.5 Å². The predicted molar refractivity (Wildman–Crippen MR) is 114 cm³/mol. The Hall–Kier alpha value is -2.00. The summed E-state index contributed by atoms with van der Waals surface area (Å²) in [5.74, 6) is 2.28. The molecule has 0 amide bonds. The van der Waals surface area contributed by atoms with Gasteiger partial charge in [-0.3, -0.25) is 0 Å². The Morgan fingerprint density at radius 3 is 2.39 bits per heavy atom. The van der Waals surface area contributed by atoms with Crippen molar-refractivity contribution in [3.05, 3.63) is 59.2 Å². The molecule has 1 fully saturated rings. The van der Waals surface area contributed by atoms with E-state index in [-0.39, 0.29) is 11.0 Å². The maximum Gasteiger partial charge on any atom is 0.124 e. The van der Waals surface area contributed by atoms with Crippen LogP contribution >= 0.6 is 0 Å². The minimum atomic E-state index is -0.190. The lowest BCUT2D eigenvalue weighted by Crippen LogP contribution is -2.41. The van der Waals surface area contributed by atoms with Crippen LogP contribution in [0.4, 0.5) is 0 Å². The first kappa shape index (κ1) is 19.3. The van der Waals surface area contributed by atoms with E-state index in [1.54, 1.807) is 0 Å². The fourth-order valence-corrected chi connectivity index (χ4v) is 5.24. The zero-order valence-electron chi connectivity index (χ0n) is 17.6. The predicted octanol–water partition coefficient (Wildman–Crippen LogP) is 5.36. The van der Waals surface area contributed by atoms with Gasteiger partial charge in [-0.15, -0.1) is 0 Å². The summed E-state index contributed by atoms with van der Waals surface area (Å²) in [7, 11) is 0. The molecule has 2 heterocycles. The summed E-state index contributed by atoms with van der Waals surface area (Å²) in [5, 5.41) is 14.7. The molecule has 1 saturated heterocycles. The van der Waals surface area contributed by atoms with Crippen molar-refractivity contribution in [2.45, 2.75) is 63.9 Å². The Morgan fingerprint density at radius 2 is 1.75 bits per heavy atom. The van der Waals surface area contributed by atoms with Gasteiger partial charge in [-0.2, -0.15) is 0 Å². The van der Waals surface area contributed by atoms with E-state index in [4.69, 9.17) is 4.74 Å². The van der Waals surface area contributed by atoms with Gasteiger partial charge in [-0.1, -0.05) is 44.2 Å². The van der Waals surface area contributed by atoms with Crippen LogP contribution in [0.3, 0.4) is 0 Å². The highest BCUT2D eigenvalue weighted by Gasteiger charge is 2.41. The number of nitrogens with one attached hydrogen (secondary N) is 1. The van der Waals surface area contributed by atoms with Gasteiger partial charge in [0.25, 0.3) is 0 Å². The number of phenols is 1. The molecule has 2 aliphatic rings. The highest BCUT2D eigenvalue weighted by Crippen LogP contribution is 2.51. The summed E-state index contributed by atoms with van der Waals surface area (Å²) in [6.45, 7) is 10.8. The number of piperidine rings is 1. The maximum atomic E-state index is 11.2. The molecule has 4 rings (SSSR count). The number of hydrogen-bond donors (Lipinski definition) is 2. The molecule has 2 aliphatic heterocycles. The molecule has 0 aromatic heterocycles. The second-order valence-corrected chi connectivity index (χ2v) is 9.52. The second kappa shape index (κ2) is 7.11. The first-order valence-electron chi connectivity index (χ1n) is 10.6. The van der Waals surface area contributed by atoms with E-state index in [9.17, 15) is 5.11 Å². The van der Waals surface area contributed by atoms with Crippen LogP contribution in [-0.4, -0.2) is 23.8 Å². The van der Waals surface area contributed by atoms with Gasteiger partial charge < -0.3 is 15.2 Å². The first-order valence-corrected chi connectivity index (χ1v) is 10.6. The van der Waals surface area contributed by atoms with Crippen LogP contribution < -0.4 is 10.1 Å². The Labute approximate surface area is 169 Å². The zero-order chi connectivity index (χ0) is 19.9. The SMILES string of the molecule is CC(C)C1CC(C)(C)Oc2cc(C3(c4ccccc4)CCNCC3)c(O)cc21. The van der Waals surface area contributed by atoms with Gasteiger partial charge in [0.05, 0.1) is 0 Å².